The molecule has 5 nitrogen and oxygen atoms in total. The van der Waals surface area contributed by atoms with Crippen LogP contribution in [0.3, 0.4) is 0 Å². The molecule has 0 aliphatic rings. The van der Waals surface area contributed by atoms with Crippen LogP contribution in [0.1, 0.15) is 24.9 Å². The maximum absolute atomic E-state index is 12.8. The highest BCUT2D eigenvalue weighted by Gasteiger charge is 2.14. The maximum Gasteiger partial charge on any atom is 0.261 e. The Hall–Kier alpha value is -2.43. The quantitative estimate of drug-likeness (QED) is 0.739. The highest BCUT2D eigenvalue weighted by molar-refractivity contribution is 5.80. The molecule has 108 valence electrons. The van der Waals surface area contributed by atoms with Crippen LogP contribution in [-0.2, 0) is 6.54 Å². The van der Waals surface area contributed by atoms with Crippen molar-refractivity contribution in [2.75, 3.05) is 0 Å². The standard InChI is InChI=1S/C16H18N4O/c1-3-13(9-19-8-7-17-10-19)20-11-18-14-6-4-5-12(2)15(14)16(20)21/h4-8,10-11,13H,3,9H2,1-2H3/t13-/m1/s1. The number of rotatable bonds is 4. The van der Waals surface area contributed by atoms with Crippen molar-refractivity contribution in [3.05, 3.63) is 59.2 Å². The molecule has 5 heteroatoms. The third-order valence-electron chi connectivity index (χ3n) is 3.87. The Morgan fingerprint density at radius 2 is 2.14 bits per heavy atom. The molecule has 0 bridgehead atoms. The monoisotopic (exact) mass is 282 g/mol. The van der Waals surface area contributed by atoms with Crippen LogP contribution in [0.25, 0.3) is 10.9 Å². The van der Waals surface area contributed by atoms with Gasteiger partial charge in [-0.25, -0.2) is 9.97 Å². The fourth-order valence-corrected chi connectivity index (χ4v) is 2.66. The number of nitrogens with zero attached hydrogens (tertiary/aromatic N) is 4. The van der Waals surface area contributed by atoms with Gasteiger partial charge in [0, 0.05) is 18.9 Å². The molecule has 0 saturated carbocycles. The van der Waals surface area contributed by atoms with Gasteiger partial charge >= 0.3 is 0 Å². The van der Waals surface area contributed by atoms with Gasteiger partial charge < -0.3 is 4.57 Å². The van der Waals surface area contributed by atoms with Gasteiger partial charge in [-0.2, -0.15) is 0 Å². The molecule has 0 fully saturated rings. The van der Waals surface area contributed by atoms with Crippen LogP contribution in [0.4, 0.5) is 0 Å². The fraction of sp³-hybridized carbons (Fsp3) is 0.312. The average Bonchev–Trinajstić information content (AvgIpc) is 2.99. The summed E-state index contributed by atoms with van der Waals surface area (Å²) in [5.41, 5.74) is 1.76. The van der Waals surface area contributed by atoms with Crippen LogP contribution < -0.4 is 5.56 Å². The smallest absolute Gasteiger partial charge is 0.261 e. The summed E-state index contributed by atoms with van der Waals surface area (Å²) in [4.78, 5) is 21.3. The van der Waals surface area contributed by atoms with Crippen LogP contribution >= 0.6 is 0 Å². The average molecular weight is 282 g/mol. The lowest BCUT2D eigenvalue weighted by Crippen LogP contribution is -2.28. The van der Waals surface area contributed by atoms with Gasteiger partial charge in [0.05, 0.1) is 29.6 Å². The van der Waals surface area contributed by atoms with Crippen LogP contribution in [0.2, 0.25) is 0 Å². The van der Waals surface area contributed by atoms with Gasteiger partial charge in [0.25, 0.3) is 5.56 Å². The molecule has 0 aliphatic carbocycles. The van der Waals surface area contributed by atoms with Gasteiger partial charge in [-0.1, -0.05) is 19.1 Å². The first-order valence-corrected chi connectivity index (χ1v) is 7.13. The largest absolute Gasteiger partial charge is 0.335 e. The molecule has 0 radical (unpaired) electrons. The number of fused-ring (bicyclic) bond motifs is 1. The highest BCUT2D eigenvalue weighted by Crippen LogP contribution is 2.16. The zero-order valence-electron chi connectivity index (χ0n) is 12.2. The first-order valence-electron chi connectivity index (χ1n) is 7.13. The van der Waals surface area contributed by atoms with Gasteiger partial charge in [-0.3, -0.25) is 9.36 Å². The predicted molar refractivity (Wildman–Crippen MR) is 82.3 cm³/mol. The topological polar surface area (TPSA) is 52.7 Å². The predicted octanol–water partition coefficient (Wildman–Crippen LogP) is 2.55. The molecule has 0 spiro atoms. The number of hydrogen-bond donors (Lipinski definition) is 0. The number of benzene rings is 1. The Bertz CT molecular complexity index is 805. The van der Waals surface area contributed by atoms with Crippen molar-refractivity contribution >= 4 is 10.9 Å². The Morgan fingerprint density at radius 3 is 2.86 bits per heavy atom. The maximum atomic E-state index is 12.8. The zero-order chi connectivity index (χ0) is 14.8. The minimum Gasteiger partial charge on any atom is -0.335 e. The lowest BCUT2D eigenvalue weighted by atomic mass is 10.1. The molecule has 0 amide bonds. The van der Waals surface area contributed by atoms with Crippen molar-refractivity contribution in [1.82, 2.24) is 19.1 Å². The summed E-state index contributed by atoms with van der Waals surface area (Å²) in [6.45, 7) is 4.75. The van der Waals surface area contributed by atoms with E-state index in [0.717, 1.165) is 24.0 Å². The van der Waals surface area contributed by atoms with E-state index in [1.54, 1.807) is 23.4 Å². The van der Waals surface area contributed by atoms with Gasteiger partial charge in [0.15, 0.2) is 0 Å². The summed E-state index contributed by atoms with van der Waals surface area (Å²) >= 11 is 0. The zero-order valence-corrected chi connectivity index (χ0v) is 12.2. The molecular weight excluding hydrogens is 264 g/mol. The second kappa shape index (κ2) is 5.52. The fourth-order valence-electron chi connectivity index (χ4n) is 2.66. The summed E-state index contributed by atoms with van der Waals surface area (Å²) in [7, 11) is 0. The third-order valence-corrected chi connectivity index (χ3v) is 3.87. The summed E-state index contributed by atoms with van der Waals surface area (Å²) in [5.74, 6) is 0. The number of hydrogen-bond acceptors (Lipinski definition) is 3. The van der Waals surface area contributed by atoms with Crippen molar-refractivity contribution in [2.45, 2.75) is 32.9 Å². The van der Waals surface area contributed by atoms with E-state index in [0.29, 0.717) is 5.39 Å². The van der Waals surface area contributed by atoms with Gasteiger partial charge in [0.2, 0.25) is 0 Å². The molecule has 1 aromatic carbocycles. The van der Waals surface area contributed by atoms with Gasteiger partial charge in [-0.05, 0) is 25.0 Å². The van der Waals surface area contributed by atoms with E-state index in [1.165, 1.54) is 0 Å². The third kappa shape index (κ3) is 2.46. The molecule has 0 aliphatic heterocycles. The van der Waals surface area contributed by atoms with E-state index in [4.69, 9.17) is 0 Å². The molecule has 3 aromatic rings. The first kappa shape index (κ1) is 13.5. The van der Waals surface area contributed by atoms with Crippen molar-refractivity contribution in [2.24, 2.45) is 0 Å². The Morgan fingerprint density at radius 1 is 1.29 bits per heavy atom. The van der Waals surface area contributed by atoms with E-state index in [-0.39, 0.29) is 11.6 Å². The van der Waals surface area contributed by atoms with E-state index in [9.17, 15) is 4.79 Å². The lowest BCUT2D eigenvalue weighted by Gasteiger charge is -2.19. The van der Waals surface area contributed by atoms with Crippen LogP contribution in [0.15, 0.2) is 48.0 Å². The van der Waals surface area contributed by atoms with Gasteiger partial charge in [-0.15, -0.1) is 0 Å². The van der Waals surface area contributed by atoms with Crippen molar-refractivity contribution in [3.63, 3.8) is 0 Å². The van der Waals surface area contributed by atoms with E-state index >= 15 is 0 Å². The van der Waals surface area contributed by atoms with E-state index < -0.39 is 0 Å². The molecule has 1 atom stereocenters. The molecule has 0 unspecified atom stereocenters. The van der Waals surface area contributed by atoms with Crippen LogP contribution in [0, 0.1) is 6.92 Å². The van der Waals surface area contributed by atoms with Gasteiger partial charge in [0.1, 0.15) is 0 Å². The second-order valence-electron chi connectivity index (χ2n) is 5.25. The second-order valence-corrected chi connectivity index (χ2v) is 5.25. The van der Waals surface area contributed by atoms with Crippen molar-refractivity contribution in [1.29, 1.82) is 0 Å². The lowest BCUT2D eigenvalue weighted by molar-refractivity contribution is 0.406. The molecule has 3 rings (SSSR count). The number of imidazole rings is 1. The SMILES string of the molecule is CC[C@H](Cn1ccnc1)n1cnc2cccc(C)c2c1=O. The summed E-state index contributed by atoms with van der Waals surface area (Å²) in [6.07, 6.45) is 7.95. The molecule has 0 N–H and O–H groups in total. The molecule has 21 heavy (non-hydrogen) atoms. The summed E-state index contributed by atoms with van der Waals surface area (Å²) < 4.78 is 3.73. The minimum atomic E-state index is 0.0325. The summed E-state index contributed by atoms with van der Waals surface area (Å²) in [5, 5.41) is 0.712. The summed E-state index contributed by atoms with van der Waals surface area (Å²) in [6, 6.07) is 5.83. The number of aryl methyl sites for hydroxylation is 1. The number of aromatic nitrogens is 4. The minimum absolute atomic E-state index is 0.0325. The molecular formula is C16H18N4O. The Balaban J connectivity index is 2.08. The van der Waals surface area contributed by atoms with Crippen LogP contribution in [0.5, 0.6) is 0 Å². The first-order chi connectivity index (χ1) is 10.2. The highest BCUT2D eigenvalue weighted by atomic mass is 16.1. The molecule has 0 saturated heterocycles. The van der Waals surface area contributed by atoms with E-state index in [2.05, 4.69) is 16.9 Å². The van der Waals surface area contributed by atoms with Crippen molar-refractivity contribution < 1.29 is 0 Å². The van der Waals surface area contributed by atoms with Crippen molar-refractivity contribution in [3.8, 4) is 0 Å². The van der Waals surface area contributed by atoms with Crippen LogP contribution in [-0.4, -0.2) is 19.1 Å². The normalized spacial score (nSPS) is 12.7. The molecule has 2 aromatic heterocycles. The Kier molecular flexibility index (Phi) is 3.56. The molecule has 2 heterocycles. The van der Waals surface area contributed by atoms with E-state index in [1.807, 2.05) is 35.9 Å². The Labute approximate surface area is 122 Å².